The maximum atomic E-state index is 10.5. The van der Waals surface area contributed by atoms with Crippen LogP contribution in [0.15, 0.2) is 18.2 Å². The third-order valence-corrected chi connectivity index (χ3v) is 3.00. The lowest BCUT2D eigenvalue weighted by Gasteiger charge is -2.00. The van der Waals surface area contributed by atoms with Gasteiger partial charge in [0.2, 0.25) is 0 Å². The summed E-state index contributed by atoms with van der Waals surface area (Å²) in [6.07, 6.45) is 0. The number of halogens is 2. The van der Waals surface area contributed by atoms with Crippen LogP contribution in [0.5, 0.6) is 0 Å². The summed E-state index contributed by atoms with van der Waals surface area (Å²) >= 11 is 5.30. The number of hydrogen-bond acceptors (Lipinski definition) is 2. The predicted molar refractivity (Wildman–Crippen MR) is 58.4 cm³/mol. The third kappa shape index (κ3) is 1.95. The molecule has 1 rings (SSSR count). The summed E-state index contributed by atoms with van der Waals surface area (Å²) in [5.74, 6) is 0. The fraction of sp³-hybridized carbons (Fsp3) is 0.143. The zero-order chi connectivity index (χ0) is 9.14. The largest absolute Gasteiger partial charge is 0.274 e. The van der Waals surface area contributed by atoms with Gasteiger partial charge in [0.15, 0.2) is 0 Å². The molecule has 0 atom stereocenters. The summed E-state index contributed by atoms with van der Waals surface area (Å²) in [6, 6.07) is 5.05. The van der Waals surface area contributed by atoms with E-state index in [1.807, 2.05) is 6.07 Å². The molecule has 0 saturated carbocycles. The van der Waals surface area contributed by atoms with Crippen LogP contribution < -0.4 is 0 Å². The molecular formula is C7H5BrINO2. The average Bonchev–Trinajstić information content (AvgIpc) is 2.03. The molecule has 1 aromatic rings. The van der Waals surface area contributed by atoms with Crippen molar-refractivity contribution in [2.24, 2.45) is 0 Å². The van der Waals surface area contributed by atoms with Gasteiger partial charge in [0.25, 0.3) is 5.69 Å². The molecule has 12 heavy (non-hydrogen) atoms. The van der Waals surface area contributed by atoms with Crippen molar-refractivity contribution >= 4 is 44.2 Å². The van der Waals surface area contributed by atoms with E-state index in [1.54, 1.807) is 6.07 Å². The van der Waals surface area contributed by atoms with Crippen LogP contribution in [0.3, 0.4) is 0 Å². The molecule has 5 heteroatoms. The van der Waals surface area contributed by atoms with Gasteiger partial charge >= 0.3 is 0 Å². The van der Waals surface area contributed by atoms with E-state index in [1.165, 1.54) is 6.07 Å². The van der Waals surface area contributed by atoms with Crippen molar-refractivity contribution < 1.29 is 4.92 Å². The first kappa shape index (κ1) is 9.91. The van der Waals surface area contributed by atoms with Gasteiger partial charge in [-0.2, -0.15) is 0 Å². The van der Waals surface area contributed by atoms with Crippen LogP contribution in [-0.2, 0) is 5.33 Å². The maximum Gasteiger partial charge on any atom is 0.274 e. The van der Waals surface area contributed by atoms with Crippen molar-refractivity contribution in [1.29, 1.82) is 0 Å². The molecule has 1 aromatic carbocycles. The Labute approximate surface area is 91.6 Å². The van der Waals surface area contributed by atoms with E-state index in [9.17, 15) is 10.1 Å². The SMILES string of the molecule is O=[N+]([O-])c1cccc(I)c1CBr. The van der Waals surface area contributed by atoms with Crippen molar-refractivity contribution in [3.05, 3.63) is 37.4 Å². The average molecular weight is 342 g/mol. The second kappa shape index (κ2) is 4.18. The van der Waals surface area contributed by atoms with Crippen LogP contribution in [-0.4, -0.2) is 4.92 Å². The van der Waals surface area contributed by atoms with E-state index in [2.05, 4.69) is 38.5 Å². The smallest absolute Gasteiger partial charge is 0.258 e. The van der Waals surface area contributed by atoms with E-state index < -0.39 is 0 Å². The van der Waals surface area contributed by atoms with Gasteiger partial charge in [0.05, 0.1) is 10.5 Å². The standard InChI is InChI=1S/C7H5BrINO2/c8-4-5-6(9)2-1-3-7(5)10(11)12/h1-3H,4H2. The minimum Gasteiger partial charge on any atom is -0.258 e. The Morgan fingerprint density at radius 3 is 2.67 bits per heavy atom. The maximum absolute atomic E-state index is 10.5. The summed E-state index contributed by atoms with van der Waals surface area (Å²) in [4.78, 5) is 10.2. The topological polar surface area (TPSA) is 43.1 Å². The summed E-state index contributed by atoms with van der Waals surface area (Å²) in [6.45, 7) is 0. The van der Waals surface area contributed by atoms with Crippen LogP contribution in [0.4, 0.5) is 5.69 Å². The molecule has 0 aliphatic rings. The zero-order valence-corrected chi connectivity index (χ0v) is 9.70. The molecule has 0 fully saturated rings. The molecular weight excluding hydrogens is 337 g/mol. The normalized spacial score (nSPS) is 9.83. The second-order valence-corrected chi connectivity index (χ2v) is 3.85. The van der Waals surface area contributed by atoms with Crippen LogP contribution in [0.2, 0.25) is 0 Å². The van der Waals surface area contributed by atoms with E-state index in [-0.39, 0.29) is 10.6 Å². The van der Waals surface area contributed by atoms with Gasteiger partial charge in [-0.1, -0.05) is 22.0 Å². The Hall–Kier alpha value is -0.170. The van der Waals surface area contributed by atoms with Gasteiger partial charge in [0, 0.05) is 15.0 Å². The van der Waals surface area contributed by atoms with Gasteiger partial charge in [0.1, 0.15) is 0 Å². The van der Waals surface area contributed by atoms with Crippen molar-refractivity contribution in [1.82, 2.24) is 0 Å². The predicted octanol–water partition coefficient (Wildman–Crippen LogP) is 3.09. The van der Waals surface area contributed by atoms with Crippen LogP contribution >= 0.6 is 38.5 Å². The number of nitro groups is 1. The molecule has 0 spiro atoms. The van der Waals surface area contributed by atoms with Crippen LogP contribution in [0.1, 0.15) is 5.56 Å². The first-order valence-electron chi connectivity index (χ1n) is 3.14. The summed E-state index contributed by atoms with van der Waals surface area (Å²) in [7, 11) is 0. The minimum absolute atomic E-state index is 0.179. The second-order valence-electron chi connectivity index (χ2n) is 2.13. The number of benzene rings is 1. The van der Waals surface area contributed by atoms with Crippen molar-refractivity contribution in [3.63, 3.8) is 0 Å². The molecule has 0 unspecified atom stereocenters. The summed E-state index contributed by atoms with van der Waals surface area (Å²) < 4.78 is 0.915. The van der Waals surface area contributed by atoms with Gasteiger partial charge in [-0.05, 0) is 28.7 Å². The molecule has 0 aromatic heterocycles. The molecule has 0 saturated heterocycles. The summed E-state index contributed by atoms with van der Waals surface area (Å²) in [5.41, 5.74) is 0.918. The van der Waals surface area contributed by atoms with E-state index in [4.69, 9.17) is 0 Å². The lowest BCUT2D eigenvalue weighted by molar-refractivity contribution is -0.385. The highest BCUT2D eigenvalue weighted by molar-refractivity contribution is 14.1. The monoisotopic (exact) mass is 341 g/mol. The van der Waals surface area contributed by atoms with Crippen molar-refractivity contribution in [3.8, 4) is 0 Å². The number of nitro benzene ring substituents is 1. The van der Waals surface area contributed by atoms with Gasteiger partial charge in [-0.25, -0.2) is 0 Å². The molecule has 0 radical (unpaired) electrons. The molecule has 0 aliphatic heterocycles. The van der Waals surface area contributed by atoms with Crippen LogP contribution in [0.25, 0.3) is 0 Å². The molecule has 0 heterocycles. The highest BCUT2D eigenvalue weighted by Crippen LogP contribution is 2.25. The van der Waals surface area contributed by atoms with E-state index in [0.29, 0.717) is 5.33 Å². The lowest BCUT2D eigenvalue weighted by atomic mass is 10.2. The van der Waals surface area contributed by atoms with Gasteiger partial charge < -0.3 is 0 Å². The zero-order valence-electron chi connectivity index (χ0n) is 5.96. The number of rotatable bonds is 2. The highest BCUT2D eigenvalue weighted by atomic mass is 127. The molecule has 64 valence electrons. The van der Waals surface area contributed by atoms with Crippen molar-refractivity contribution in [2.75, 3.05) is 0 Å². The Morgan fingerprint density at radius 1 is 1.58 bits per heavy atom. The fourth-order valence-electron chi connectivity index (χ4n) is 0.851. The highest BCUT2D eigenvalue weighted by Gasteiger charge is 2.13. The van der Waals surface area contributed by atoms with Crippen LogP contribution in [0, 0.1) is 13.7 Å². The number of nitrogens with zero attached hydrogens (tertiary/aromatic N) is 1. The first-order chi connectivity index (χ1) is 5.66. The van der Waals surface area contributed by atoms with Crippen molar-refractivity contribution in [2.45, 2.75) is 5.33 Å². The van der Waals surface area contributed by atoms with Gasteiger partial charge in [-0.3, -0.25) is 10.1 Å². The van der Waals surface area contributed by atoms with E-state index in [0.717, 1.165) is 9.13 Å². The minimum atomic E-state index is -0.362. The molecule has 0 N–H and O–H groups in total. The molecule has 3 nitrogen and oxygen atoms in total. The third-order valence-electron chi connectivity index (χ3n) is 1.42. The Balaban J connectivity index is 3.27. The fourth-order valence-corrected chi connectivity index (χ4v) is 2.64. The molecule has 0 amide bonds. The number of alkyl halides is 1. The lowest BCUT2D eigenvalue weighted by Crippen LogP contribution is -1.95. The first-order valence-corrected chi connectivity index (χ1v) is 5.34. The number of hydrogen-bond donors (Lipinski definition) is 0. The summed E-state index contributed by atoms with van der Waals surface area (Å²) in [5, 5.41) is 11.0. The molecule has 0 bridgehead atoms. The Kier molecular flexibility index (Phi) is 3.45. The Morgan fingerprint density at radius 2 is 2.25 bits per heavy atom. The molecule has 0 aliphatic carbocycles. The van der Waals surface area contributed by atoms with Gasteiger partial charge in [-0.15, -0.1) is 0 Å². The Bertz CT molecular complexity index is 316. The van der Waals surface area contributed by atoms with E-state index >= 15 is 0 Å². The quantitative estimate of drug-likeness (QED) is 0.359.